The monoisotopic (exact) mass is 344 g/mol. The lowest BCUT2D eigenvalue weighted by molar-refractivity contribution is -0.117. The molecule has 1 aliphatic heterocycles. The Kier molecular flexibility index (Phi) is 4.09. The van der Waals surface area contributed by atoms with Gasteiger partial charge in [-0.05, 0) is 47.4 Å². The first-order valence-corrected chi connectivity index (χ1v) is 9.28. The first-order valence-electron chi connectivity index (χ1n) is 7.80. The third kappa shape index (κ3) is 3.01. The molecule has 1 amide bonds. The van der Waals surface area contributed by atoms with Gasteiger partial charge in [-0.3, -0.25) is 9.52 Å². The van der Waals surface area contributed by atoms with E-state index in [-0.39, 0.29) is 10.8 Å². The molecule has 6 heteroatoms. The van der Waals surface area contributed by atoms with Crippen molar-refractivity contribution in [1.82, 2.24) is 0 Å². The third-order valence-corrected chi connectivity index (χ3v) is 5.66. The van der Waals surface area contributed by atoms with Crippen LogP contribution < -0.4 is 9.62 Å². The Morgan fingerprint density at radius 2 is 1.75 bits per heavy atom. The van der Waals surface area contributed by atoms with Crippen LogP contribution in [0, 0.1) is 0 Å². The Bertz CT molecular complexity index is 887. The molecule has 0 spiro atoms. The highest BCUT2D eigenvalue weighted by Gasteiger charge is 2.24. The fourth-order valence-corrected chi connectivity index (χ4v) is 3.83. The molecule has 0 bridgehead atoms. The van der Waals surface area contributed by atoms with E-state index in [1.807, 2.05) is 12.1 Å². The molecular weight excluding hydrogens is 324 g/mol. The molecule has 0 aliphatic carbocycles. The fraction of sp³-hybridized carbons (Fsp3) is 0.278. The predicted octanol–water partition coefficient (Wildman–Crippen LogP) is 3.13. The summed E-state index contributed by atoms with van der Waals surface area (Å²) >= 11 is 0. The Morgan fingerprint density at radius 1 is 1.08 bits per heavy atom. The lowest BCUT2D eigenvalue weighted by Crippen LogP contribution is -2.20. The third-order valence-electron chi connectivity index (χ3n) is 4.27. The van der Waals surface area contributed by atoms with Crippen LogP contribution in [0.15, 0.2) is 47.4 Å². The van der Waals surface area contributed by atoms with E-state index in [9.17, 15) is 13.2 Å². The number of carbonyl (C=O) groups is 1. The van der Waals surface area contributed by atoms with Gasteiger partial charge in [-0.25, -0.2) is 8.42 Å². The van der Waals surface area contributed by atoms with Crippen LogP contribution in [0.25, 0.3) is 0 Å². The van der Waals surface area contributed by atoms with Gasteiger partial charge < -0.3 is 4.90 Å². The minimum Gasteiger partial charge on any atom is -0.315 e. The zero-order chi connectivity index (χ0) is 17.5. The van der Waals surface area contributed by atoms with Crippen LogP contribution in [0.1, 0.15) is 30.9 Å². The van der Waals surface area contributed by atoms with Crippen LogP contribution in [0.3, 0.4) is 0 Å². The van der Waals surface area contributed by atoms with Crippen molar-refractivity contribution < 1.29 is 13.2 Å². The van der Waals surface area contributed by atoms with E-state index in [1.165, 1.54) is 0 Å². The summed E-state index contributed by atoms with van der Waals surface area (Å²) in [5.41, 5.74) is 3.21. The second-order valence-corrected chi connectivity index (χ2v) is 7.98. The van der Waals surface area contributed by atoms with Gasteiger partial charge >= 0.3 is 0 Å². The quantitative estimate of drug-likeness (QED) is 0.926. The predicted molar refractivity (Wildman–Crippen MR) is 94.9 cm³/mol. The van der Waals surface area contributed by atoms with Gasteiger partial charge in [-0.1, -0.05) is 26.0 Å². The molecule has 0 saturated heterocycles. The summed E-state index contributed by atoms with van der Waals surface area (Å²) in [7, 11) is -1.93. The molecule has 1 N–H and O–H groups in total. The molecule has 0 aromatic heterocycles. The summed E-state index contributed by atoms with van der Waals surface area (Å²) in [5, 5.41) is 0. The summed E-state index contributed by atoms with van der Waals surface area (Å²) in [6, 6.07) is 12.0. The number of rotatable bonds is 4. The van der Waals surface area contributed by atoms with Crippen LogP contribution >= 0.6 is 0 Å². The van der Waals surface area contributed by atoms with E-state index in [0.29, 0.717) is 18.0 Å². The van der Waals surface area contributed by atoms with Crippen molar-refractivity contribution in [3.05, 3.63) is 53.6 Å². The summed E-state index contributed by atoms with van der Waals surface area (Å²) in [5.74, 6) is 0.357. The SMILES string of the molecule is CC(C)c1ccc(S(=O)(=O)Nc2ccc3c(c2)CC(=O)N3C)cc1. The maximum absolute atomic E-state index is 12.5. The van der Waals surface area contributed by atoms with Crippen LogP contribution in [-0.2, 0) is 21.2 Å². The molecule has 0 fully saturated rings. The molecule has 24 heavy (non-hydrogen) atoms. The van der Waals surface area contributed by atoms with Gasteiger partial charge in [0.1, 0.15) is 0 Å². The van der Waals surface area contributed by atoms with Gasteiger partial charge in [-0.15, -0.1) is 0 Å². The lowest BCUT2D eigenvalue weighted by Gasteiger charge is -2.12. The lowest BCUT2D eigenvalue weighted by atomic mass is 10.0. The molecule has 126 valence electrons. The van der Waals surface area contributed by atoms with Gasteiger partial charge in [0, 0.05) is 18.4 Å². The number of benzene rings is 2. The fourth-order valence-electron chi connectivity index (χ4n) is 2.78. The standard InChI is InChI=1S/C18H20N2O3S/c1-12(2)13-4-7-16(8-5-13)24(22,23)19-15-6-9-17-14(10-15)11-18(21)20(17)3/h4-10,12,19H,11H2,1-3H3. The normalized spacial score (nSPS) is 14.2. The Morgan fingerprint density at radius 3 is 2.38 bits per heavy atom. The Balaban J connectivity index is 1.85. The minimum atomic E-state index is -3.65. The largest absolute Gasteiger partial charge is 0.315 e. The van der Waals surface area contributed by atoms with Crippen LogP contribution in [-0.4, -0.2) is 21.4 Å². The molecule has 1 heterocycles. The van der Waals surface area contributed by atoms with Crippen LogP contribution in [0.5, 0.6) is 0 Å². The van der Waals surface area contributed by atoms with Crippen LogP contribution in [0.2, 0.25) is 0 Å². The van der Waals surface area contributed by atoms with Crippen molar-refractivity contribution in [3.63, 3.8) is 0 Å². The van der Waals surface area contributed by atoms with Crippen molar-refractivity contribution in [2.45, 2.75) is 31.1 Å². The number of nitrogens with one attached hydrogen (secondary N) is 1. The summed E-state index contributed by atoms with van der Waals surface area (Å²) < 4.78 is 27.6. The van der Waals surface area contributed by atoms with Gasteiger partial charge in [0.2, 0.25) is 5.91 Å². The smallest absolute Gasteiger partial charge is 0.261 e. The molecule has 5 nitrogen and oxygen atoms in total. The van der Waals surface area contributed by atoms with Gasteiger partial charge in [0.05, 0.1) is 11.3 Å². The van der Waals surface area contributed by atoms with Crippen molar-refractivity contribution in [2.75, 3.05) is 16.7 Å². The molecule has 1 aliphatic rings. The first-order chi connectivity index (χ1) is 11.3. The molecule has 0 saturated carbocycles. The van der Waals surface area contributed by atoms with Crippen molar-refractivity contribution in [3.8, 4) is 0 Å². The van der Waals surface area contributed by atoms with E-state index in [1.54, 1.807) is 42.3 Å². The average molecular weight is 344 g/mol. The van der Waals surface area contributed by atoms with Crippen LogP contribution in [0.4, 0.5) is 11.4 Å². The molecule has 0 atom stereocenters. The highest BCUT2D eigenvalue weighted by molar-refractivity contribution is 7.92. The molecular formula is C18H20N2O3S. The average Bonchev–Trinajstić information content (AvgIpc) is 2.81. The second-order valence-electron chi connectivity index (χ2n) is 6.30. The number of hydrogen-bond donors (Lipinski definition) is 1. The summed E-state index contributed by atoms with van der Waals surface area (Å²) in [6.07, 6.45) is 0.296. The van der Waals surface area contributed by atoms with Crippen molar-refractivity contribution in [1.29, 1.82) is 0 Å². The van der Waals surface area contributed by atoms with E-state index >= 15 is 0 Å². The maximum Gasteiger partial charge on any atom is 0.261 e. The van der Waals surface area contributed by atoms with E-state index in [2.05, 4.69) is 18.6 Å². The highest BCUT2D eigenvalue weighted by atomic mass is 32.2. The topological polar surface area (TPSA) is 66.5 Å². The minimum absolute atomic E-state index is 0.00859. The number of fused-ring (bicyclic) bond motifs is 1. The number of nitrogens with zero attached hydrogens (tertiary/aromatic N) is 1. The molecule has 0 unspecified atom stereocenters. The zero-order valence-electron chi connectivity index (χ0n) is 13.9. The van der Waals surface area contributed by atoms with Gasteiger partial charge in [-0.2, -0.15) is 0 Å². The molecule has 3 rings (SSSR count). The van der Waals surface area contributed by atoms with Crippen molar-refractivity contribution in [2.24, 2.45) is 0 Å². The first kappa shape index (κ1) is 16.5. The molecule has 2 aromatic carbocycles. The number of carbonyl (C=O) groups excluding carboxylic acids is 1. The summed E-state index contributed by atoms with van der Waals surface area (Å²) in [6.45, 7) is 4.12. The molecule has 2 aromatic rings. The number of anilines is 2. The van der Waals surface area contributed by atoms with E-state index < -0.39 is 10.0 Å². The molecule has 0 radical (unpaired) electrons. The Labute approximate surface area is 142 Å². The maximum atomic E-state index is 12.5. The highest BCUT2D eigenvalue weighted by Crippen LogP contribution is 2.30. The van der Waals surface area contributed by atoms with E-state index in [0.717, 1.165) is 16.8 Å². The number of sulfonamides is 1. The number of hydrogen-bond acceptors (Lipinski definition) is 3. The Hall–Kier alpha value is -2.34. The van der Waals surface area contributed by atoms with Gasteiger partial charge in [0.15, 0.2) is 0 Å². The van der Waals surface area contributed by atoms with Gasteiger partial charge in [0.25, 0.3) is 10.0 Å². The van der Waals surface area contributed by atoms with E-state index in [4.69, 9.17) is 0 Å². The van der Waals surface area contributed by atoms with Crippen molar-refractivity contribution >= 4 is 27.3 Å². The zero-order valence-corrected chi connectivity index (χ0v) is 14.7. The summed E-state index contributed by atoms with van der Waals surface area (Å²) in [4.78, 5) is 13.5. The second kappa shape index (κ2) is 5.94. The number of amides is 1. The number of likely N-dealkylation sites (N-methyl/N-ethyl adjacent to an activating group) is 1.